The molecule has 0 aromatic heterocycles. The lowest BCUT2D eigenvalue weighted by Gasteiger charge is -2.32. The number of nitrogens with one attached hydrogen (secondary N) is 1. The quantitative estimate of drug-likeness (QED) is 0.855. The second-order valence-electron chi connectivity index (χ2n) is 6.16. The molecular formula is C19H20BrFN2O. The molecule has 0 aliphatic carbocycles. The number of hydrogen-bond acceptors (Lipinski definition) is 2. The molecule has 126 valence electrons. The molecule has 0 unspecified atom stereocenters. The van der Waals surface area contributed by atoms with Crippen molar-refractivity contribution in [2.75, 3.05) is 13.1 Å². The molecule has 1 amide bonds. The van der Waals surface area contributed by atoms with E-state index in [0.717, 1.165) is 42.5 Å². The van der Waals surface area contributed by atoms with Gasteiger partial charge in [0.1, 0.15) is 5.82 Å². The van der Waals surface area contributed by atoms with Crippen molar-refractivity contribution in [3.63, 3.8) is 0 Å². The van der Waals surface area contributed by atoms with E-state index in [1.165, 1.54) is 12.1 Å². The molecule has 2 aromatic carbocycles. The Morgan fingerprint density at radius 2 is 1.71 bits per heavy atom. The number of piperidine rings is 1. The van der Waals surface area contributed by atoms with E-state index in [0.29, 0.717) is 5.56 Å². The van der Waals surface area contributed by atoms with Gasteiger partial charge in [-0.3, -0.25) is 9.69 Å². The van der Waals surface area contributed by atoms with Crippen LogP contribution in [0.3, 0.4) is 0 Å². The Bertz CT molecular complexity index is 680. The molecule has 1 aliphatic heterocycles. The van der Waals surface area contributed by atoms with Gasteiger partial charge in [-0.2, -0.15) is 0 Å². The molecule has 3 rings (SSSR count). The molecular weight excluding hydrogens is 371 g/mol. The predicted octanol–water partition coefficient (Wildman–Crippen LogP) is 3.98. The largest absolute Gasteiger partial charge is 0.349 e. The third kappa shape index (κ3) is 4.65. The van der Waals surface area contributed by atoms with E-state index in [2.05, 4.69) is 26.1 Å². The monoisotopic (exact) mass is 390 g/mol. The number of nitrogens with zero attached hydrogens (tertiary/aromatic N) is 1. The molecule has 1 N–H and O–H groups in total. The summed E-state index contributed by atoms with van der Waals surface area (Å²) in [6.45, 7) is 2.69. The molecule has 0 spiro atoms. The van der Waals surface area contributed by atoms with Gasteiger partial charge < -0.3 is 5.32 Å². The minimum Gasteiger partial charge on any atom is -0.349 e. The van der Waals surface area contributed by atoms with Gasteiger partial charge >= 0.3 is 0 Å². The lowest BCUT2D eigenvalue weighted by Crippen LogP contribution is -2.44. The van der Waals surface area contributed by atoms with Gasteiger partial charge in [-0.05, 0) is 54.8 Å². The van der Waals surface area contributed by atoms with E-state index in [-0.39, 0.29) is 17.8 Å². The van der Waals surface area contributed by atoms with Crippen molar-refractivity contribution < 1.29 is 9.18 Å². The molecule has 1 heterocycles. The lowest BCUT2D eigenvalue weighted by atomic mass is 10.0. The Morgan fingerprint density at radius 3 is 2.33 bits per heavy atom. The summed E-state index contributed by atoms with van der Waals surface area (Å²) in [4.78, 5) is 14.6. The number of carbonyl (C=O) groups excluding carboxylic acids is 1. The first-order valence-electron chi connectivity index (χ1n) is 8.13. The predicted molar refractivity (Wildman–Crippen MR) is 96.3 cm³/mol. The van der Waals surface area contributed by atoms with Crippen LogP contribution in [0.5, 0.6) is 0 Å². The zero-order chi connectivity index (χ0) is 16.9. The SMILES string of the molecule is O=C(NC1CCN(Cc2ccc(F)cc2)CC1)c1ccc(Br)cc1. The van der Waals surface area contributed by atoms with E-state index in [1.807, 2.05) is 36.4 Å². The van der Waals surface area contributed by atoms with E-state index in [9.17, 15) is 9.18 Å². The maximum absolute atomic E-state index is 12.9. The first kappa shape index (κ1) is 17.1. The zero-order valence-electron chi connectivity index (χ0n) is 13.3. The Balaban J connectivity index is 1.47. The molecule has 2 aromatic rings. The van der Waals surface area contributed by atoms with Crippen LogP contribution in [0.2, 0.25) is 0 Å². The van der Waals surface area contributed by atoms with Crippen molar-refractivity contribution in [2.24, 2.45) is 0 Å². The molecule has 3 nitrogen and oxygen atoms in total. The molecule has 1 fully saturated rings. The summed E-state index contributed by atoms with van der Waals surface area (Å²) in [5.74, 6) is -0.215. The van der Waals surface area contributed by atoms with Crippen LogP contribution in [-0.4, -0.2) is 29.9 Å². The Morgan fingerprint density at radius 1 is 1.08 bits per heavy atom. The summed E-state index contributed by atoms with van der Waals surface area (Å²) >= 11 is 3.37. The molecule has 24 heavy (non-hydrogen) atoms. The second kappa shape index (κ2) is 7.90. The van der Waals surface area contributed by atoms with Crippen LogP contribution in [0.25, 0.3) is 0 Å². The van der Waals surface area contributed by atoms with Crippen LogP contribution in [0.4, 0.5) is 4.39 Å². The summed E-state index contributed by atoms with van der Waals surface area (Å²) in [7, 11) is 0. The second-order valence-corrected chi connectivity index (χ2v) is 7.07. The molecule has 0 bridgehead atoms. The average molecular weight is 391 g/mol. The van der Waals surface area contributed by atoms with Gasteiger partial charge in [0.2, 0.25) is 0 Å². The van der Waals surface area contributed by atoms with E-state index in [1.54, 1.807) is 0 Å². The van der Waals surface area contributed by atoms with Crippen molar-refractivity contribution in [3.8, 4) is 0 Å². The smallest absolute Gasteiger partial charge is 0.251 e. The highest BCUT2D eigenvalue weighted by atomic mass is 79.9. The highest BCUT2D eigenvalue weighted by Crippen LogP contribution is 2.16. The molecule has 0 radical (unpaired) electrons. The van der Waals surface area contributed by atoms with Crippen molar-refractivity contribution in [2.45, 2.75) is 25.4 Å². The standard InChI is InChI=1S/C19H20BrFN2O/c20-16-5-3-15(4-6-16)19(24)22-18-9-11-23(12-10-18)13-14-1-7-17(21)8-2-14/h1-8,18H,9-13H2,(H,22,24). The molecule has 0 atom stereocenters. The number of rotatable bonds is 4. The fourth-order valence-electron chi connectivity index (χ4n) is 2.95. The van der Waals surface area contributed by atoms with Crippen LogP contribution in [0.1, 0.15) is 28.8 Å². The highest BCUT2D eigenvalue weighted by molar-refractivity contribution is 9.10. The number of carbonyl (C=O) groups is 1. The summed E-state index contributed by atoms with van der Waals surface area (Å²) in [6.07, 6.45) is 1.87. The molecule has 0 saturated carbocycles. The van der Waals surface area contributed by atoms with Gasteiger partial charge in [0, 0.05) is 35.7 Å². The fraction of sp³-hybridized carbons (Fsp3) is 0.316. The van der Waals surface area contributed by atoms with E-state index >= 15 is 0 Å². The van der Waals surface area contributed by atoms with Crippen molar-refractivity contribution in [1.29, 1.82) is 0 Å². The van der Waals surface area contributed by atoms with Crippen LogP contribution < -0.4 is 5.32 Å². The Labute approximate surface area is 150 Å². The zero-order valence-corrected chi connectivity index (χ0v) is 14.9. The number of halogens is 2. The highest BCUT2D eigenvalue weighted by Gasteiger charge is 2.21. The maximum Gasteiger partial charge on any atom is 0.251 e. The average Bonchev–Trinajstić information content (AvgIpc) is 2.59. The van der Waals surface area contributed by atoms with Gasteiger partial charge in [0.15, 0.2) is 0 Å². The van der Waals surface area contributed by atoms with Crippen LogP contribution >= 0.6 is 15.9 Å². The maximum atomic E-state index is 12.9. The van der Waals surface area contributed by atoms with E-state index in [4.69, 9.17) is 0 Å². The minimum absolute atomic E-state index is 0.0144. The molecule has 1 saturated heterocycles. The summed E-state index contributed by atoms with van der Waals surface area (Å²) < 4.78 is 13.9. The van der Waals surface area contributed by atoms with Gasteiger partial charge in [-0.15, -0.1) is 0 Å². The number of benzene rings is 2. The van der Waals surface area contributed by atoms with Gasteiger partial charge in [0.25, 0.3) is 5.91 Å². The van der Waals surface area contributed by atoms with Gasteiger partial charge in [-0.1, -0.05) is 28.1 Å². The van der Waals surface area contributed by atoms with Crippen LogP contribution in [-0.2, 0) is 6.54 Å². The molecule has 1 aliphatic rings. The number of hydrogen-bond donors (Lipinski definition) is 1. The van der Waals surface area contributed by atoms with Crippen molar-refractivity contribution in [3.05, 3.63) is 69.9 Å². The Hall–Kier alpha value is -1.72. The fourth-order valence-corrected chi connectivity index (χ4v) is 3.22. The first-order valence-corrected chi connectivity index (χ1v) is 8.93. The summed E-state index contributed by atoms with van der Waals surface area (Å²) in [5, 5.41) is 3.12. The summed E-state index contributed by atoms with van der Waals surface area (Å²) in [5.41, 5.74) is 1.81. The Kier molecular flexibility index (Phi) is 5.63. The minimum atomic E-state index is -0.201. The van der Waals surface area contributed by atoms with Crippen LogP contribution in [0, 0.1) is 5.82 Å². The summed E-state index contributed by atoms with van der Waals surface area (Å²) in [6, 6.07) is 14.3. The lowest BCUT2D eigenvalue weighted by molar-refractivity contribution is 0.0909. The van der Waals surface area contributed by atoms with E-state index < -0.39 is 0 Å². The van der Waals surface area contributed by atoms with Crippen molar-refractivity contribution in [1.82, 2.24) is 10.2 Å². The third-order valence-electron chi connectivity index (χ3n) is 4.35. The normalized spacial score (nSPS) is 16.1. The van der Waals surface area contributed by atoms with Gasteiger partial charge in [0.05, 0.1) is 0 Å². The topological polar surface area (TPSA) is 32.3 Å². The first-order chi connectivity index (χ1) is 11.6. The number of amides is 1. The molecule has 5 heteroatoms. The van der Waals surface area contributed by atoms with Crippen molar-refractivity contribution >= 4 is 21.8 Å². The third-order valence-corrected chi connectivity index (χ3v) is 4.88. The number of likely N-dealkylation sites (tertiary alicyclic amines) is 1. The van der Waals surface area contributed by atoms with Gasteiger partial charge in [-0.25, -0.2) is 4.39 Å². The van der Waals surface area contributed by atoms with Crippen LogP contribution in [0.15, 0.2) is 53.0 Å².